The Morgan fingerprint density at radius 1 is 1.30 bits per heavy atom. The second kappa shape index (κ2) is 6.59. The molecule has 0 saturated carbocycles. The van der Waals surface area contributed by atoms with Crippen LogP contribution in [0.2, 0.25) is 10.0 Å². The molecule has 0 unspecified atom stereocenters. The van der Waals surface area contributed by atoms with E-state index in [0.29, 0.717) is 21.6 Å². The molecule has 0 aliphatic heterocycles. The average molecular weight is 311 g/mol. The largest absolute Gasteiger partial charge is 0.482 e. The molecular weight excluding hydrogens is 299 g/mol. The van der Waals surface area contributed by atoms with Crippen LogP contribution >= 0.6 is 23.2 Å². The Morgan fingerprint density at radius 2 is 2.10 bits per heavy atom. The fourth-order valence-corrected chi connectivity index (χ4v) is 1.86. The van der Waals surface area contributed by atoms with Crippen LogP contribution in [0, 0.1) is 6.92 Å². The molecule has 0 aliphatic rings. The van der Waals surface area contributed by atoms with Crippen molar-refractivity contribution in [3.63, 3.8) is 0 Å². The fourth-order valence-electron chi connectivity index (χ4n) is 1.52. The maximum atomic E-state index is 11.7. The van der Waals surface area contributed by atoms with Crippen LogP contribution in [-0.2, 0) is 4.79 Å². The number of ether oxygens (including phenoxy) is 1. The molecule has 2 aromatic rings. The van der Waals surface area contributed by atoms with Gasteiger partial charge in [-0.3, -0.25) is 4.79 Å². The number of hydrogen-bond donors (Lipinski definition) is 1. The van der Waals surface area contributed by atoms with Gasteiger partial charge in [-0.25, -0.2) is 4.98 Å². The van der Waals surface area contributed by atoms with E-state index < -0.39 is 0 Å². The van der Waals surface area contributed by atoms with Gasteiger partial charge in [0.15, 0.2) is 6.61 Å². The van der Waals surface area contributed by atoms with Crippen LogP contribution < -0.4 is 10.1 Å². The molecule has 1 aromatic heterocycles. The van der Waals surface area contributed by atoms with E-state index in [9.17, 15) is 4.79 Å². The van der Waals surface area contributed by atoms with Crippen molar-refractivity contribution in [1.82, 2.24) is 4.98 Å². The molecule has 104 valence electrons. The topological polar surface area (TPSA) is 51.2 Å². The Bertz CT molecular complexity index is 632. The minimum atomic E-state index is -0.320. The highest BCUT2D eigenvalue weighted by Crippen LogP contribution is 2.27. The molecule has 1 amide bonds. The number of aromatic nitrogens is 1. The molecule has 6 heteroatoms. The van der Waals surface area contributed by atoms with Gasteiger partial charge in [-0.1, -0.05) is 29.3 Å². The summed E-state index contributed by atoms with van der Waals surface area (Å²) in [6.07, 6.45) is 0. The van der Waals surface area contributed by atoms with Gasteiger partial charge in [0.2, 0.25) is 0 Å². The van der Waals surface area contributed by atoms with Crippen LogP contribution in [0.25, 0.3) is 0 Å². The number of carbonyl (C=O) groups excluding carboxylic acids is 1. The van der Waals surface area contributed by atoms with E-state index in [-0.39, 0.29) is 12.5 Å². The Hall–Kier alpha value is -1.78. The molecule has 4 nitrogen and oxygen atoms in total. The van der Waals surface area contributed by atoms with E-state index in [2.05, 4.69) is 10.3 Å². The summed E-state index contributed by atoms with van der Waals surface area (Å²) in [6.45, 7) is 1.67. The first-order valence-electron chi connectivity index (χ1n) is 5.86. The molecule has 0 radical (unpaired) electrons. The quantitative estimate of drug-likeness (QED) is 0.936. The van der Waals surface area contributed by atoms with E-state index >= 15 is 0 Å². The van der Waals surface area contributed by atoms with Gasteiger partial charge >= 0.3 is 0 Å². The molecule has 0 saturated heterocycles. The number of aryl methyl sites for hydroxylation is 1. The summed E-state index contributed by atoms with van der Waals surface area (Å²) >= 11 is 11.8. The van der Waals surface area contributed by atoms with Gasteiger partial charge < -0.3 is 10.1 Å². The second-order valence-electron chi connectivity index (χ2n) is 4.08. The molecule has 2 rings (SSSR count). The third-order valence-electron chi connectivity index (χ3n) is 2.41. The van der Waals surface area contributed by atoms with Gasteiger partial charge in [0, 0.05) is 16.8 Å². The molecule has 1 aromatic carbocycles. The maximum Gasteiger partial charge on any atom is 0.263 e. The normalized spacial score (nSPS) is 10.2. The van der Waals surface area contributed by atoms with E-state index in [1.807, 2.05) is 19.1 Å². The minimum Gasteiger partial charge on any atom is -0.482 e. The number of anilines is 1. The summed E-state index contributed by atoms with van der Waals surface area (Å²) in [4.78, 5) is 15.9. The number of nitrogens with one attached hydrogen (secondary N) is 1. The van der Waals surface area contributed by atoms with Gasteiger partial charge in [0.25, 0.3) is 5.91 Å². The predicted octanol–water partition coefficient (Wildman–Crippen LogP) is 3.71. The van der Waals surface area contributed by atoms with Gasteiger partial charge in [-0.15, -0.1) is 0 Å². The van der Waals surface area contributed by atoms with Crippen molar-refractivity contribution in [2.45, 2.75) is 6.92 Å². The van der Waals surface area contributed by atoms with E-state index in [0.717, 1.165) is 5.69 Å². The van der Waals surface area contributed by atoms with Crippen molar-refractivity contribution in [2.24, 2.45) is 0 Å². The molecule has 0 bridgehead atoms. The van der Waals surface area contributed by atoms with E-state index in [1.165, 1.54) is 0 Å². The fraction of sp³-hybridized carbons (Fsp3) is 0.143. The first-order valence-corrected chi connectivity index (χ1v) is 6.61. The molecule has 0 fully saturated rings. The van der Waals surface area contributed by atoms with Crippen LogP contribution in [0.1, 0.15) is 5.69 Å². The van der Waals surface area contributed by atoms with Gasteiger partial charge in [0.05, 0.1) is 5.02 Å². The minimum absolute atomic E-state index is 0.171. The van der Waals surface area contributed by atoms with Crippen LogP contribution in [0.4, 0.5) is 5.82 Å². The lowest BCUT2D eigenvalue weighted by Gasteiger charge is -2.09. The Morgan fingerprint density at radius 3 is 2.85 bits per heavy atom. The SMILES string of the molecule is Cc1cccc(NC(=O)COc2cc(Cl)ccc2Cl)n1. The van der Waals surface area contributed by atoms with Crippen molar-refractivity contribution < 1.29 is 9.53 Å². The average Bonchev–Trinajstić information content (AvgIpc) is 2.40. The number of halogens is 2. The number of pyridine rings is 1. The second-order valence-corrected chi connectivity index (χ2v) is 4.92. The monoisotopic (exact) mass is 310 g/mol. The van der Waals surface area contributed by atoms with Crippen LogP contribution in [0.15, 0.2) is 36.4 Å². The standard InChI is InChI=1S/C14H12Cl2N2O2/c1-9-3-2-4-13(17-9)18-14(19)8-20-12-7-10(15)5-6-11(12)16/h2-7H,8H2,1H3,(H,17,18,19). The molecule has 0 aliphatic carbocycles. The zero-order chi connectivity index (χ0) is 14.5. The number of hydrogen-bond acceptors (Lipinski definition) is 3. The van der Waals surface area contributed by atoms with E-state index in [1.54, 1.807) is 24.3 Å². The zero-order valence-corrected chi connectivity index (χ0v) is 12.2. The summed E-state index contributed by atoms with van der Waals surface area (Å²) in [5, 5.41) is 3.53. The molecule has 0 spiro atoms. The Balaban J connectivity index is 1.94. The summed E-state index contributed by atoms with van der Waals surface area (Å²) < 4.78 is 5.33. The molecular formula is C14H12Cl2N2O2. The maximum absolute atomic E-state index is 11.7. The summed E-state index contributed by atoms with van der Waals surface area (Å²) in [6, 6.07) is 10.2. The first kappa shape index (κ1) is 14.6. The third-order valence-corrected chi connectivity index (χ3v) is 2.96. The van der Waals surface area contributed by atoms with E-state index in [4.69, 9.17) is 27.9 Å². The molecule has 1 N–H and O–H groups in total. The summed E-state index contributed by atoms with van der Waals surface area (Å²) in [5.41, 5.74) is 0.821. The van der Waals surface area contributed by atoms with Crippen molar-refractivity contribution in [3.8, 4) is 5.75 Å². The predicted molar refractivity (Wildman–Crippen MR) is 79.6 cm³/mol. The summed E-state index contributed by atoms with van der Waals surface area (Å²) in [5.74, 6) is 0.529. The Kier molecular flexibility index (Phi) is 4.82. The Labute approximate surface area is 126 Å². The van der Waals surface area contributed by atoms with Crippen molar-refractivity contribution in [2.75, 3.05) is 11.9 Å². The number of benzene rings is 1. The lowest BCUT2D eigenvalue weighted by atomic mass is 10.3. The van der Waals surface area contributed by atoms with Crippen LogP contribution in [0.3, 0.4) is 0 Å². The van der Waals surface area contributed by atoms with Crippen molar-refractivity contribution in [3.05, 3.63) is 52.1 Å². The molecule has 20 heavy (non-hydrogen) atoms. The van der Waals surface area contributed by atoms with Crippen LogP contribution in [-0.4, -0.2) is 17.5 Å². The smallest absolute Gasteiger partial charge is 0.263 e. The number of amides is 1. The number of rotatable bonds is 4. The highest BCUT2D eigenvalue weighted by Gasteiger charge is 2.07. The van der Waals surface area contributed by atoms with Crippen molar-refractivity contribution in [1.29, 1.82) is 0 Å². The highest BCUT2D eigenvalue weighted by molar-refractivity contribution is 6.34. The summed E-state index contributed by atoms with van der Waals surface area (Å²) in [7, 11) is 0. The van der Waals surface area contributed by atoms with Gasteiger partial charge in [0.1, 0.15) is 11.6 Å². The number of nitrogens with zero attached hydrogens (tertiary/aromatic N) is 1. The van der Waals surface area contributed by atoms with Gasteiger partial charge in [-0.2, -0.15) is 0 Å². The zero-order valence-electron chi connectivity index (χ0n) is 10.7. The third kappa shape index (κ3) is 4.11. The number of carbonyl (C=O) groups is 1. The molecule has 0 atom stereocenters. The van der Waals surface area contributed by atoms with Crippen LogP contribution in [0.5, 0.6) is 5.75 Å². The lowest BCUT2D eigenvalue weighted by Crippen LogP contribution is -2.20. The van der Waals surface area contributed by atoms with Gasteiger partial charge in [-0.05, 0) is 31.2 Å². The highest BCUT2D eigenvalue weighted by atomic mass is 35.5. The lowest BCUT2D eigenvalue weighted by molar-refractivity contribution is -0.118. The first-order chi connectivity index (χ1) is 9.54. The molecule has 1 heterocycles. The van der Waals surface area contributed by atoms with Crippen molar-refractivity contribution >= 4 is 34.9 Å².